The number of rotatable bonds is 8. The second-order valence-electron chi connectivity index (χ2n) is 6.29. The van der Waals surface area contributed by atoms with E-state index in [-0.39, 0.29) is 24.0 Å². The van der Waals surface area contributed by atoms with Crippen molar-refractivity contribution in [1.29, 1.82) is 0 Å². The number of hydrogen-bond donors (Lipinski definition) is 2. The van der Waals surface area contributed by atoms with Gasteiger partial charge in [0.15, 0.2) is 5.96 Å². The van der Waals surface area contributed by atoms with Gasteiger partial charge in [0.05, 0.1) is 7.11 Å². The van der Waals surface area contributed by atoms with Crippen LogP contribution in [0.15, 0.2) is 83.9 Å². The molecule has 3 aromatic carbocycles. The first kappa shape index (κ1) is 22.5. The van der Waals surface area contributed by atoms with E-state index in [2.05, 4.69) is 34.6 Å². The fraction of sp³-hybridized carbons (Fsp3) is 0.174. The van der Waals surface area contributed by atoms with Crippen LogP contribution < -0.4 is 20.5 Å². The lowest BCUT2D eigenvalue weighted by Crippen LogP contribution is -2.23. The Labute approximate surface area is 189 Å². The molecule has 0 atom stereocenters. The lowest BCUT2D eigenvalue weighted by atomic mass is 10.1. The van der Waals surface area contributed by atoms with Crippen molar-refractivity contribution in [2.24, 2.45) is 10.7 Å². The standard InChI is InChI=1S/C23H25N3O2.HI/c1-27-22-9-5-8-20(16-22)26-23(24)25-15-14-18-10-12-21(13-11-18)28-17-19-6-3-2-4-7-19;/h2-13,16H,14-15,17H2,1H3,(H3,24,25,26);1H. The van der Waals surface area contributed by atoms with E-state index in [4.69, 9.17) is 15.2 Å². The molecule has 0 aliphatic rings. The summed E-state index contributed by atoms with van der Waals surface area (Å²) in [6, 6.07) is 25.8. The zero-order valence-electron chi connectivity index (χ0n) is 16.4. The number of nitrogens with two attached hydrogens (primary N) is 1. The van der Waals surface area contributed by atoms with Crippen LogP contribution in [0.4, 0.5) is 5.69 Å². The first-order valence-corrected chi connectivity index (χ1v) is 9.19. The summed E-state index contributed by atoms with van der Waals surface area (Å²) in [7, 11) is 1.63. The average Bonchev–Trinajstić information content (AvgIpc) is 2.74. The lowest BCUT2D eigenvalue weighted by molar-refractivity contribution is 0.306. The van der Waals surface area contributed by atoms with Crippen LogP contribution in [0, 0.1) is 0 Å². The van der Waals surface area contributed by atoms with Gasteiger partial charge >= 0.3 is 0 Å². The Morgan fingerprint density at radius 1 is 0.897 bits per heavy atom. The van der Waals surface area contributed by atoms with Gasteiger partial charge in [0.2, 0.25) is 0 Å². The third-order valence-corrected chi connectivity index (χ3v) is 4.20. The first-order chi connectivity index (χ1) is 13.7. The van der Waals surface area contributed by atoms with E-state index in [9.17, 15) is 0 Å². The predicted octanol–water partition coefficient (Wildman–Crippen LogP) is 4.86. The van der Waals surface area contributed by atoms with Crippen molar-refractivity contribution in [2.45, 2.75) is 13.0 Å². The molecule has 0 amide bonds. The number of anilines is 1. The molecule has 0 heterocycles. The van der Waals surface area contributed by atoms with Gasteiger partial charge in [-0.15, -0.1) is 24.0 Å². The summed E-state index contributed by atoms with van der Waals surface area (Å²) < 4.78 is 11.0. The van der Waals surface area contributed by atoms with Gasteiger partial charge in [-0.2, -0.15) is 0 Å². The summed E-state index contributed by atoms with van der Waals surface area (Å²) in [5, 5.41) is 3.07. The zero-order valence-corrected chi connectivity index (χ0v) is 18.7. The van der Waals surface area contributed by atoms with Crippen LogP contribution in [0.2, 0.25) is 0 Å². The smallest absolute Gasteiger partial charge is 0.193 e. The monoisotopic (exact) mass is 503 g/mol. The SMILES string of the molecule is COc1cccc(NC(N)=NCCc2ccc(OCc3ccccc3)cc2)c1.I. The minimum Gasteiger partial charge on any atom is -0.497 e. The van der Waals surface area contributed by atoms with Crippen LogP contribution in [-0.4, -0.2) is 19.6 Å². The van der Waals surface area contributed by atoms with Gasteiger partial charge in [-0.05, 0) is 41.8 Å². The summed E-state index contributed by atoms with van der Waals surface area (Å²) in [4.78, 5) is 4.38. The number of nitrogens with zero attached hydrogens (tertiary/aromatic N) is 1. The van der Waals surface area contributed by atoms with Gasteiger partial charge < -0.3 is 20.5 Å². The number of guanidine groups is 1. The van der Waals surface area contributed by atoms with Gasteiger partial charge in [0, 0.05) is 18.3 Å². The van der Waals surface area contributed by atoms with E-state index in [1.807, 2.05) is 54.6 Å². The Morgan fingerprint density at radius 3 is 2.38 bits per heavy atom. The van der Waals surface area contributed by atoms with Gasteiger partial charge in [0.1, 0.15) is 18.1 Å². The number of benzene rings is 3. The van der Waals surface area contributed by atoms with Crippen molar-refractivity contribution < 1.29 is 9.47 Å². The summed E-state index contributed by atoms with van der Waals surface area (Å²) in [5.74, 6) is 2.01. The molecule has 5 nitrogen and oxygen atoms in total. The van der Waals surface area contributed by atoms with Crippen molar-refractivity contribution in [1.82, 2.24) is 0 Å². The Bertz CT molecular complexity index is 900. The summed E-state index contributed by atoms with van der Waals surface area (Å²) in [6.07, 6.45) is 0.805. The van der Waals surface area contributed by atoms with Crippen molar-refractivity contribution in [3.8, 4) is 11.5 Å². The van der Waals surface area contributed by atoms with Crippen LogP contribution in [0.3, 0.4) is 0 Å². The fourth-order valence-electron chi connectivity index (χ4n) is 2.69. The molecule has 0 unspecified atom stereocenters. The van der Waals surface area contributed by atoms with Crippen molar-refractivity contribution in [3.05, 3.63) is 90.0 Å². The molecule has 29 heavy (non-hydrogen) atoms. The minimum atomic E-state index is 0. The van der Waals surface area contributed by atoms with E-state index in [0.29, 0.717) is 19.1 Å². The first-order valence-electron chi connectivity index (χ1n) is 9.19. The molecule has 0 radical (unpaired) electrons. The van der Waals surface area contributed by atoms with Crippen LogP contribution in [0.1, 0.15) is 11.1 Å². The molecule has 152 valence electrons. The quantitative estimate of drug-likeness (QED) is 0.262. The van der Waals surface area contributed by atoms with Gasteiger partial charge in [-0.1, -0.05) is 48.5 Å². The Balaban J connectivity index is 0.00000300. The van der Waals surface area contributed by atoms with Crippen LogP contribution in [-0.2, 0) is 13.0 Å². The molecule has 0 spiro atoms. The predicted molar refractivity (Wildman–Crippen MR) is 129 cm³/mol. The number of hydrogen-bond acceptors (Lipinski definition) is 3. The highest BCUT2D eigenvalue weighted by Gasteiger charge is 1.99. The van der Waals surface area contributed by atoms with E-state index in [1.54, 1.807) is 7.11 Å². The topological polar surface area (TPSA) is 68.9 Å². The van der Waals surface area contributed by atoms with Gasteiger partial charge in [-0.3, -0.25) is 4.99 Å². The maximum Gasteiger partial charge on any atom is 0.193 e. The molecule has 3 rings (SSSR count). The second kappa shape index (κ2) is 12.0. The van der Waals surface area contributed by atoms with E-state index >= 15 is 0 Å². The molecule has 0 aliphatic carbocycles. The maximum absolute atomic E-state index is 5.96. The molecule has 0 aromatic heterocycles. The molecule has 0 bridgehead atoms. The number of nitrogens with one attached hydrogen (secondary N) is 1. The molecule has 0 fully saturated rings. The molecular weight excluding hydrogens is 477 g/mol. The number of aliphatic imine (C=N–C) groups is 1. The summed E-state index contributed by atoms with van der Waals surface area (Å²) in [5.41, 5.74) is 9.14. The molecule has 3 aromatic rings. The highest BCUT2D eigenvalue weighted by Crippen LogP contribution is 2.17. The Hall–Kier alpha value is -2.74. The average molecular weight is 503 g/mol. The minimum absolute atomic E-state index is 0. The normalized spacial score (nSPS) is 10.7. The molecule has 3 N–H and O–H groups in total. The maximum atomic E-state index is 5.96. The highest BCUT2D eigenvalue weighted by molar-refractivity contribution is 14.0. The van der Waals surface area contributed by atoms with E-state index in [0.717, 1.165) is 29.2 Å². The molecule has 0 saturated heterocycles. The van der Waals surface area contributed by atoms with Crippen molar-refractivity contribution >= 4 is 35.6 Å². The number of methoxy groups -OCH3 is 1. The van der Waals surface area contributed by atoms with E-state index < -0.39 is 0 Å². The van der Waals surface area contributed by atoms with Gasteiger partial charge in [0.25, 0.3) is 0 Å². The zero-order chi connectivity index (χ0) is 19.6. The van der Waals surface area contributed by atoms with Crippen LogP contribution >= 0.6 is 24.0 Å². The fourth-order valence-corrected chi connectivity index (χ4v) is 2.69. The van der Waals surface area contributed by atoms with Crippen molar-refractivity contribution in [2.75, 3.05) is 19.0 Å². The summed E-state index contributed by atoms with van der Waals surface area (Å²) in [6.45, 7) is 1.17. The third kappa shape index (κ3) is 7.65. The Morgan fingerprint density at radius 2 is 1.66 bits per heavy atom. The lowest BCUT2D eigenvalue weighted by Gasteiger charge is -2.08. The largest absolute Gasteiger partial charge is 0.497 e. The van der Waals surface area contributed by atoms with Gasteiger partial charge in [-0.25, -0.2) is 0 Å². The van der Waals surface area contributed by atoms with E-state index in [1.165, 1.54) is 5.56 Å². The molecule has 6 heteroatoms. The number of halogens is 1. The van der Waals surface area contributed by atoms with Crippen molar-refractivity contribution in [3.63, 3.8) is 0 Å². The van der Waals surface area contributed by atoms with Crippen LogP contribution in [0.25, 0.3) is 0 Å². The summed E-state index contributed by atoms with van der Waals surface area (Å²) >= 11 is 0. The second-order valence-corrected chi connectivity index (χ2v) is 6.29. The Kier molecular flexibility index (Phi) is 9.30. The van der Waals surface area contributed by atoms with Crippen LogP contribution in [0.5, 0.6) is 11.5 Å². The molecule has 0 saturated carbocycles. The number of ether oxygens (including phenoxy) is 2. The third-order valence-electron chi connectivity index (χ3n) is 4.20. The molecular formula is C23H26IN3O2. The molecule has 0 aliphatic heterocycles. The highest BCUT2D eigenvalue weighted by atomic mass is 127.